The molecule has 1 N–H and O–H groups in total. The Morgan fingerprint density at radius 1 is 1.00 bits per heavy atom. The van der Waals surface area contributed by atoms with Crippen LogP contribution in [0.4, 0.5) is 0 Å². The van der Waals surface area contributed by atoms with E-state index in [4.69, 9.17) is 4.74 Å². The summed E-state index contributed by atoms with van der Waals surface area (Å²) in [4.78, 5) is 13.3. The predicted molar refractivity (Wildman–Crippen MR) is 128 cm³/mol. The van der Waals surface area contributed by atoms with Crippen LogP contribution in [0.15, 0.2) is 42.5 Å². The van der Waals surface area contributed by atoms with Crippen LogP contribution < -0.4 is 5.32 Å². The number of hydrogen-bond acceptors (Lipinski definition) is 2. The molecule has 1 aromatic carbocycles. The molecule has 1 rings (SSSR count). The maximum absolute atomic E-state index is 13.3. The van der Waals surface area contributed by atoms with Crippen molar-refractivity contribution in [1.29, 1.82) is 0 Å². The zero-order valence-electron chi connectivity index (χ0n) is 19.4. The number of benzene rings is 1. The number of allylic oxidation sites excluding steroid dienone is 1. The minimum atomic E-state index is -2.64. The number of amides is 1. The van der Waals surface area contributed by atoms with E-state index in [0.29, 0.717) is 0 Å². The molecule has 0 spiro atoms. The molecule has 4 heteroatoms. The Balaban J connectivity index is 3.17. The molecule has 0 saturated heterocycles. The summed E-state index contributed by atoms with van der Waals surface area (Å²) in [5, 5.41) is 3.48. The van der Waals surface area contributed by atoms with Gasteiger partial charge in [-0.15, -0.1) is 0 Å². The summed E-state index contributed by atoms with van der Waals surface area (Å²) in [5.74, 6) is 0.00682. The summed E-state index contributed by atoms with van der Waals surface area (Å²) in [7, 11) is 1.63. The summed E-state index contributed by atoms with van der Waals surface area (Å²) >= 11 is -2.64. The first kappa shape index (κ1) is 26.2. The van der Waals surface area contributed by atoms with Crippen LogP contribution in [-0.4, -0.2) is 35.5 Å². The summed E-state index contributed by atoms with van der Waals surface area (Å²) in [6, 6.07) is 9.84. The zero-order valence-corrected chi connectivity index (χ0v) is 22.2. The van der Waals surface area contributed by atoms with Gasteiger partial charge in [0, 0.05) is 0 Å². The van der Waals surface area contributed by atoms with Crippen LogP contribution in [0.2, 0.25) is 13.3 Å². The molecule has 0 radical (unpaired) electrons. The minimum absolute atomic E-state index is 0.00682. The van der Waals surface area contributed by atoms with Crippen molar-refractivity contribution in [3.05, 3.63) is 48.0 Å². The van der Waals surface area contributed by atoms with Crippen LogP contribution in [-0.2, 0) is 9.53 Å². The summed E-state index contributed by atoms with van der Waals surface area (Å²) < 4.78 is 9.96. The Bertz CT molecular complexity index is 566. The third-order valence-electron chi connectivity index (χ3n) is 6.00. The average Bonchev–Trinajstić information content (AvgIpc) is 2.74. The third-order valence-corrected chi connectivity index (χ3v) is 22.3. The van der Waals surface area contributed by atoms with E-state index in [2.05, 4.69) is 45.2 Å². The van der Waals surface area contributed by atoms with Gasteiger partial charge in [0.15, 0.2) is 0 Å². The molecule has 0 unspecified atom stereocenters. The van der Waals surface area contributed by atoms with Crippen molar-refractivity contribution in [2.45, 2.75) is 89.7 Å². The number of carbonyl (C=O) groups excluding carboxylic acids is 1. The standard InChI is InChI=1S/C13H16NO2.3C4H9.Sn/c1-3-4-10-14-13(15)12(16-2)11-8-6-5-7-9-11;3*1-3-4-2;/h3-10,12H,1-2H3,(H,14,15);3*1,3-4H2,2H3;/b4-3+;;;;/t12-;;;;/m0..../s1. The van der Waals surface area contributed by atoms with E-state index in [0.717, 1.165) is 5.56 Å². The van der Waals surface area contributed by atoms with Gasteiger partial charge < -0.3 is 0 Å². The summed E-state index contributed by atoms with van der Waals surface area (Å²) in [5.41, 5.74) is 0.920. The molecule has 29 heavy (non-hydrogen) atoms. The molecule has 0 aromatic heterocycles. The molecule has 1 amide bonds. The molecule has 1 aromatic rings. The zero-order chi connectivity index (χ0) is 21.5. The second-order valence-electron chi connectivity index (χ2n) is 8.21. The van der Waals surface area contributed by atoms with Crippen molar-refractivity contribution in [1.82, 2.24) is 5.32 Å². The average molecular weight is 508 g/mol. The molecule has 0 heterocycles. The fourth-order valence-corrected chi connectivity index (χ4v) is 21.1. The quantitative estimate of drug-likeness (QED) is 0.209. The number of methoxy groups -OCH3 is 1. The Morgan fingerprint density at radius 2 is 1.52 bits per heavy atom. The van der Waals surface area contributed by atoms with E-state index >= 15 is 0 Å². The monoisotopic (exact) mass is 509 g/mol. The van der Waals surface area contributed by atoms with Crippen molar-refractivity contribution in [3.63, 3.8) is 0 Å². The number of hydrogen-bond donors (Lipinski definition) is 1. The second-order valence-corrected chi connectivity index (χ2v) is 22.0. The van der Waals surface area contributed by atoms with Gasteiger partial charge in [-0.2, -0.15) is 0 Å². The van der Waals surface area contributed by atoms with Crippen LogP contribution in [0, 0.1) is 0 Å². The van der Waals surface area contributed by atoms with Gasteiger partial charge in [0.25, 0.3) is 0 Å². The SMILES string of the molecule is C/C=C/[C@@H](NC(=O)[C@@H](OC)c1ccccc1)[Sn]([CH2]CCC)([CH2]CCC)[CH2]CCC. The van der Waals surface area contributed by atoms with Crippen molar-refractivity contribution in [3.8, 4) is 0 Å². The van der Waals surface area contributed by atoms with Crippen LogP contribution in [0.25, 0.3) is 0 Å². The number of nitrogens with one attached hydrogen (secondary N) is 1. The first-order valence-corrected chi connectivity index (χ1v) is 19.3. The molecule has 0 aliphatic rings. The first-order valence-electron chi connectivity index (χ1n) is 11.6. The molecule has 0 fully saturated rings. The van der Waals surface area contributed by atoms with Crippen molar-refractivity contribution in [2.24, 2.45) is 0 Å². The third kappa shape index (κ3) is 8.45. The number of carbonyl (C=O) groups is 1. The molecule has 0 aliphatic carbocycles. The Morgan fingerprint density at radius 3 is 1.93 bits per heavy atom. The van der Waals surface area contributed by atoms with E-state index in [1.165, 1.54) is 51.8 Å². The van der Waals surface area contributed by atoms with Gasteiger partial charge in [0.1, 0.15) is 0 Å². The van der Waals surface area contributed by atoms with Crippen molar-refractivity contribution < 1.29 is 9.53 Å². The predicted octanol–water partition coefficient (Wildman–Crippen LogP) is 6.82. The van der Waals surface area contributed by atoms with Gasteiger partial charge in [-0.1, -0.05) is 0 Å². The number of unbranched alkanes of at least 4 members (excludes halogenated alkanes) is 3. The van der Waals surface area contributed by atoms with Gasteiger partial charge in [-0.25, -0.2) is 0 Å². The summed E-state index contributed by atoms with van der Waals surface area (Å²) in [6.45, 7) is 8.95. The molecule has 0 bridgehead atoms. The Hall–Kier alpha value is -0.811. The van der Waals surface area contributed by atoms with E-state index < -0.39 is 24.5 Å². The molecule has 2 atom stereocenters. The number of rotatable bonds is 15. The van der Waals surface area contributed by atoms with E-state index in [1.54, 1.807) is 7.11 Å². The van der Waals surface area contributed by atoms with Crippen molar-refractivity contribution >= 4 is 24.3 Å². The van der Waals surface area contributed by atoms with Gasteiger partial charge >= 0.3 is 184 Å². The van der Waals surface area contributed by atoms with Crippen molar-refractivity contribution in [2.75, 3.05) is 7.11 Å². The molecule has 0 aliphatic heterocycles. The molecule has 0 saturated carbocycles. The first-order chi connectivity index (χ1) is 14.1. The Kier molecular flexibility index (Phi) is 13.6. The van der Waals surface area contributed by atoms with Crippen LogP contribution in [0.5, 0.6) is 0 Å². The normalized spacial score (nSPS) is 14.1. The van der Waals surface area contributed by atoms with Gasteiger partial charge in [0.05, 0.1) is 0 Å². The van der Waals surface area contributed by atoms with Gasteiger partial charge in [-0.3, -0.25) is 0 Å². The summed E-state index contributed by atoms with van der Waals surface area (Å²) in [6.07, 6.45) is 11.5. The fourth-order valence-electron chi connectivity index (χ4n) is 4.28. The molecular weight excluding hydrogens is 465 g/mol. The van der Waals surface area contributed by atoms with Crippen LogP contribution >= 0.6 is 0 Å². The molecular formula is C25H43NO2Sn. The maximum atomic E-state index is 13.3. The molecule has 164 valence electrons. The fraction of sp³-hybridized carbons (Fsp3) is 0.640. The van der Waals surface area contributed by atoms with E-state index in [9.17, 15) is 4.79 Å². The van der Waals surface area contributed by atoms with E-state index in [-0.39, 0.29) is 9.96 Å². The number of ether oxygens (including phenoxy) is 1. The topological polar surface area (TPSA) is 38.3 Å². The van der Waals surface area contributed by atoms with Gasteiger partial charge in [0.2, 0.25) is 0 Å². The van der Waals surface area contributed by atoms with Crippen LogP contribution in [0.1, 0.15) is 77.9 Å². The second kappa shape index (κ2) is 15.1. The van der Waals surface area contributed by atoms with E-state index in [1.807, 2.05) is 30.3 Å². The Labute approximate surface area is 183 Å². The molecule has 3 nitrogen and oxygen atoms in total. The van der Waals surface area contributed by atoms with Gasteiger partial charge in [-0.05, 0) is 0 Å². The van der Waals surface area contributed by atoms with Crippen LogP contribution in [0.3, 0.4) is 0 Å².